The van der Waals surface area contributed by atoms with Gasteiger partial charge < -0.3 is 9.42 Å². The van der Waals surface area contributed by atoms with Crippen molar-refractivity contribution in [3.63, 3.8) is 0 Å². The molecule has 1 saturated heterocycles. The summed E-state index contributed by atoms with van der Waals surface area (Å²) < 4.78 is 7.35. The van der Waals surface area contributed by atoms with Crippen LogP contribution in [-0.4, -0.2) is 48.8 Å². The second-order valence-electron chi connectivity index (χ2n) is 7.26. The highest BCUT2D eigenvalue weighted by atomic mass is 16.5. The predicted octanol–water partition coefficient (Wildman–Crippen LogP) is 2.74. The first-order valence-electron chi connectivity index (χ1n) is 9.63. The number of aromatic nitrogens is 5. The molecule has 4 rings (SSSR count). The van der Waals surface area contributed by atoms with E-state index in [1.54, 1.807) is 12.4 Å². The van der Waals surface area contributed by atoms with Crippen LogP contribution in [0, 0.1) is 13.8 Å². The minimum absolute atomic E-state index is 0.177. The van der Waals surface area contributed by atoms with Crippen LogP contribution in [0.5, 0.6) is 0 Å². The van der Waals surface area contributed by atoms with Gasteiger partial charge in [-0.25, -0.2) is 0 Å². The number of pyridine rings is 1. The highest BCUT2D eigenvalue weighted by Gasteiger charge is 2.28. The highest BCUT2D eigenvalue weighted by Crippen LogP contribution is 2.24. The van der Waals surface area contributed by atoms with Crippen molar-refractivity contribution in [3.8, 4) is 11.4 Å². The van der Waals surface area contributed by atoms with Crippen molar-refractivity contribution in [2.24, 2.45) is 0 Å². The van der Waals surface area contributed by atoms with Gasteiger partial charge in [-0.15, -0.1) is 0 Å². The molecule has 0 unspecified atom stereocenters. The summed E-state index contributed by atoms with van der Waals surface area (Å²) >= 11 is 0. The molecule has 0 radical (unpaired) electrons. The standard InChI is InChI=1S/C20H24N6O2/c1-14-11-15(2)26(23-14)17-8-10-25(13-17)19(27)7-3-6-18-22-20(24-28-18)16-5-4-9-21-12-16/h4-5,9,11-12,17H,3,6-8,10,13H2,1-2H3/t17-/m1/s1. The minimum atomic E-state index is 0.177. The summed E-state index contributed by atoms with van der Waals surface area (Å²) in [6.07, 6.45) is 6.11. The molecule has 4 heterocycles. The summed E-state index contributed by atoms with van der Waals surface area (Å²) in [5.74, 6) is 1.26. The van der Waals surface area contributed by atoms with Crippen LogP contribution in [0.4, 0.5) is 0 Å². The molecule has 1 aliphatic rings. The number of likely N-dealkylation sites (tertiary alicyclic amines) is 1. The maximum Gasteiger partial charge on any atom is 0.226 e. The largest absolute Gasteiger partial charge is 0.340 e. The van der Waals surface area contributed by atoms with E-state index >= 15 is 0 Å². The molecule has 8 heteroatoms. The lowest BCUT2D eigenvalue weighted by Crippen LogP contribution is -2.29. The van der Waals surface area contributed by atoms with Crippen LogP contribution in [0.2, 0.25) is 0 Å². The number of nitrogens with zero attached hydrogens (tertiary/aromatic N) is 6. The third-order valence-corrected chi connectivity index (χ3v) is 5.08. The lowest BCUT2D eigenvalue weighted by Gasteiger charge is -2.17. The number of carbonyl (C=O) groups is 1. The molecule has 8 nitrogen and oxygen atoms in total. The molecule has 1 amide bonds. The summed E-state index contributed by atoms with van der Waals surface area (Å²) in [7, 11) is 0. The topological polar surface area (TPSA) is 89.9 Å². The normalized spacial score (nSPS) is 16.6. The van der Waals surface area contributed by atoms with Crippen molar-refractivity contribution < 1.29 is 9.32 Å². The van der Waals surface area contributed by atoms with Crippen LogP contribution in [0.3, 0.4) is 0 Å². The van der Waals surface area contributed by atoms with Gasteiger partial charge in [0.2, 0.25) is 17.6 Å². The molecule has 0 saturated carbocycles. The zero-order valence-corrected chi connectivity index (χ0v) is 16.2. The first kappa shape index (κ1) is 18.3. The van der Waals surface area contributed by atoms with Crippen LogP contribution >= 0.6 is 0 Å². The van der Waals surface area contributed by atoms with Crippen molar-refractivity contribution in [1.82, 2.24) is 29.8 Å². The van der Waals surface area contributed by atoms with Crippen molar-refractivity contribution in [3.05, 3.63) is 47.9 Å². The highest BCUT2D eigenvalue weighted by molar-refractivity contribution is 5.76. The minimum Gasteiger partial charge on any atom is -0.340 e. The lowest BCUT2D eigenvalue weighted by molar-refractivity contribution is -0.130. The maximum absolute atomic E-state index is 12.6. The summed E-state index contributed by atoms with van der Waals surface area (Å²) in [4.78, 5) is 22.9. The van der Waals surface area contributed by atoms with Crippen LogP contribution in [0.25, 0.3) is 11.4 Å². The van der Waals surface area contributed by atoms with Crippen LogP contribution in [-0.2, 0) is 11.2 Å². The SMILES string of the molecule is Cc1cc(C)n([C@@H]2CCN(C(=O)CCCc3nc(-c4cccnc4)no3)C2)n1. The molecule has 0 spiro atoms. The van der Waals surface area contributed by atoms with E-state index in [9.17, 15) is 4.79 Å². The zero-order valence-electron chi connectivity index (χ0n) is 16.2. The third-order valence-electron chi connectivity index (χ3n) is 5.08. The Morgan fingerprint density at radius 1 is 1.36 bits per heavy atom. The summed E-state index contributed by atoms with van der Waals surface area (Å²) in [6.45, 7) is 5.58. The van der Waals surface area contributed by atoms with Gasteiger partial charge >= 0.3 is 0 Å². The monoisotopic (exact) mass is 380 g/mol. The average molecular weight is 380 g/mol. The number of hydrogen-bond acceptors (Lipinski definition) is 6. The Morgan fingerprint density at radius 3 is 3.00 bits per heavy atom. The van der Waals surface area contributed by atoms with Gasteiger partial charge in [0.05, 0.1) is 11.7 Å². The van der Waals surface area contributed by atoms with Crippen LogP contribution in [0.1, 0.15) is 42.6 Å². The van der Waals surface area contributed by atoms with Gasteiger partial charge in [0.15, 0.2) is 0 Å². The van der Waals surface area contributed by atoms with Gasteiger partial charge in [-0.1, -0.05) is 5.16 Å². The fourth-order valence-corrected chi connectivity index (χ4v) is 3.70. The summed E-state index contributed by atoms with van der Waals surface area (Å²) in [6, 6.07) is 6.07. The van der Waals surface area contributed by atoms with Gasteiger partial charge in [-0.3, -0.25) is 14.5 Å². The van der Waals surface area contributed by atoms with Crippen molar-refractivity contribution in [1.29, 1.82) is 0 Å². The molecule has 1 aliphatic heterocycles. The van der Waals surface area contributed by atoms with E-state index in [4.69, 9.17) is 4.52 Å². The molecule has 3 aromatic heterocycles. The van der Waals surface area contributed by atoms with Gasteiger partial charge in [0, 0.05) is 49.6 Å². The van der Waals surface area contributed by atoms with E-state index in [-0.39, 0.29) is 11.9 Å². The van der Waals surface area contributed by atoms with Gasteiger partial charge in [0.1, 0.15) is 0 Å². The van der Waals surface area contributed by atoms with Crippen molar-refractivity contribution in [2.45, 2.75) is 45.6 Å². The fourth-order valence-electron chi connectivity index (χ4n) is 3.70. The van der Waals surface area contributed by atoms with Crippen molar-refractivity contribution in [2.75, 3.05) is 13.1 Å². The van der Waals surface area contributed by atoms with E-state index in [2.05, 4.69) is 37.9 Å². The van der Waals surface area contributed by atoms with E-state index in [1.165, 1.54) is 0 Å². The molecule has 0 N–H and O–H groups in total. The van der Waals surface area contributed by atoms with E-state index in [0.717, 1.165) is 36.5 Å². The molecule has 0 bridgehead atoms. The number of amides is 1. The summed E-state index contributed by atoms with van der Waals surface area (Å²) in [5.41, 5.74) is 2.99. The van der Waals surface area contributed by atoms with Crippen LogP contribution in [0.15, 0.2) is 35.1 Å². The second kappa shape index (κ2) is 7.92. The van der Waals surface area contributed by atoms with Gasteiger partial charge in [0.25, 0.3) is 0 Å². The quantitative estimate of drug-likeness (QED) is 0.653. The lowest BCUT2D eigenvalue weighted by atomic mass is 10.2. The Balaban J connectivity index is 1.26. The zero-order chi connectivity index (χ0) is 19.5. The van der Waals surface area contributed by atoms with E-state index < -0.39 is 0 Å². The van der Waals surface area contributed by atoms with Gasteiger partial charge in [-0.05, 0) is 44.9 Å². The Kier molecular flexibility index (Phi) is 5.18. The number of aryl methyl sites for hydroxylation is 3. The average Bonchev–Trinajstić information content (AvgIpc) is 3.42. The van der Waals surface area contributed by atoms with Crippen LogP contribution < -0.4 is 0 Å². The van der Waals surface area contributed by atoms with E-state index in [0.29, 0.717) is 31.0 Å². The van der Waals surface area contributed by atoms with E-state index in [1.807, 2.05) is 24.0 Å². The third kappa shape index (κ3) is 3.95. The molecule has 0 aliphatic carbocycles. The molecule has 1 fully saturated rings. The number of carbonyl (C=O) groups excluding carboxylic acids is 1. The Morgan fingerprint density at radius 2 is 2.25 bits per heavy atom. The summed E-state index contributed by atoms with van der Waals surface area (Å²) in [5, 5.41) is 8.55. The number of hydrogen-bond donors (Lipinski definition) is 0. The van der Waals surface area contributed by atoms with Gasteiger partial charge in [-0.2, -0.15) is 10.1 Å². The first-order chi connectivity index (χ1) is 13.6. The smallest absolute Gasteiger partial charge is 0.226 e. The fraction of sp³-hybridized carbons (Fsp3) is 0.450. The Hall–Kier alpha value is -3.03. The van der Waals surface area contributed by atoms with Crippen molar-refractivity contribution >= 4 is 5.91 Å². The molecule has 146 valence electrons. The maximum atomic E-state index is 12.6. The Labute approximate surface area is 163 Å². The molecule has 0 aromatic carbocycles. The molecular formula is C20H24N6O2. The molecule has 1 atom stereocenters. The molecule has 28 heavy (non-hydrogen) atoms. The second-order valence-corrected chi connectivity index (χ2v) is 7.26. The predicted molar refractivity (Wildman–Crippen MR) is 102 cm³/mol. The molecular weight excluding hydrogens is 356 g/mol. The Bertz CT molecular complexity index is 949. The number of rotatable bonds is 6. The first-order valence-corrected chi connectivity index (χ1v) is 9.63. The molecule has 3 aromatic rings.